The van der Waals surface area contributed by atoms with E-state index in [1.54, 1.807) is 0 Å². The zero-order valence-corrected chi connectivity index (χ0v) is 8.33. The van der Waals surface area contributed by atoms with Crippen LogP contribution in [0.1, 0.15) is 13.3 Å². The molecule has 0 spiro atoms. The highest BCUT2D eigenvalue weighted by Gasteiger charge is 2.47. The third kappa shape index (κ3) is 1.37. The van der Waals surface area contributed by atoms with E-state index >= 15 is 0 Å². The van der Waals surface area contributed by atoms with Crippen LogP contribution in [0.2, 0.25) is 0 Å². The van der Waals surface area contributed by atoms with Crippen LogP contribution in [0.25, 0.3) is 0 Å². The Balaban J connectivity index is 2.08. The molecule has 0 radical (unpaired) electrons. The van der Waals surface area contributed by atoms with Gasteiger partial charge in [0.2, 0.25) is 0 Å². The third-order valence-corrected chi connectivity index (χ3v) is 3.52. The zero-order valence-electron chi connectivity index (χ0n) is 7.57. The molecule has 1 saturated carbocycles. The minimum Gasteiger partial charge on any atom is -0.466 e. The molecular weight excluding hydrogens is 188 g/mol. The predicted octanol–water partition coefficient (Wildman–Crippen LogP) is 1.98. The van der Waals surface area contributed by atoms with Gasteiger partial charge in [0.15, 0.2) is 0 Å². The molecule has 2 rings (SSSR count). The number of hydrogen-bond donors (Lipinski definition) is 0. The lowest BCUT2D eigenvalue weighted by Gasteiger charge is -2.20. The van der Waals surface area contributed by atoms with E-state index in [1.807, 2.05) is 6.92 Å². The maximum atomic E-state index is 11.5. The Labute approximate surface area is 82.9 Å². The van der Waals surface area contributed by atoms with Crippen LogP contribution >= 0.6 is 11.6 Å². The minimum absolute atomic E-state index is 0.0472. The number of fused-ring (bicyclic) bond motifs is 2. The fourth-order valence-electron chi connectivity index (χ4n) is 2.31. The molecule has 1 fully saturated rings. The lowest BCUT2D eigenvalue weighted by molar-refractivity contribution is -0.148. The van der Waals surface area contributed by atoms with Crippen molar-refractivity contribution in [3.05, 3.63) is 12.2 Å². The molecule has 2 aliphatic rings. The van der Waals surface area contributed by atoms with Crippen molar-refractivity contribution in [1.29, 1.82) is 0 Å². The highest BCUT2D eigenvalue weighted by molar-refractivity contribution is 6.22. The van der Waals surface area contributed by atoms with Gasteiger partial charge in [0.25, 0.3) is 0 Å². The lowest BCUT2D eigenvalue weighted by Crippen LogP contribution is -2.29. The molecule has 2 aliphatic carbocycles. The second-order valence-corrected chi connectivity index (χ2v) is 4.17. The van der Waals surface area contributed by atoms with Crippen molar-refractivity contribution < 1.29 is 9.53 Å². The van der Waals surface area contributed by atoms with Gasteiger partial charge in [-0.2, -0.15) is 0 Å². The van der Waals surface area contributed by atoms with Crippen molar-refractivity contribution in [3.8, 4) is 0 Å². The molecular formula is C10H13ClO2. The van der Waals surface area contributed by atoms with Crippen molar-refractivity contribution in [2.75, 3.05) is 6.61 Å². The molecule has 4 atom stereocenters. The number of allylic oxidation sites excluding steroid dienone is 2. The molecule has 0 aromatic heterocycles. The maximum absolute atomic E-state index is 11.5. The van der Waals surface area contributed by atoms with Crippen molar-refractivity contribution in [3.63, 3.8) is 0 Å². The smallest absolute Gasteiger partial charge is 0.311 e. The van der Waals surface area contributed by atoms with Crippen LogP contribution in [-0.4, -0.2) is 18.0 Å². The second-order valence-electron chi connectivity index (χ2n) is 3.67. The first-order chi connectivity index (χ1) is 6.24. The average molecular weight is 201 g/mol. The van der Waals surface area contributed by atoms with E-state index in [1.165, 1.54) is 0 Å². The Morgan fingerprint density at radius 3 is 2.77 bits per heavy atom. The first-order valence-electron chi connectivity index (χ1n) is 4.73. The Morgan fingerprint density at radius 2 is 2.23 bits per heavy atom. The molecule has 0 aromatic rings. The monoisotopic (exact) mass is 200 g/mol. The number of halogens is 1. The summed E-state index contributed by atoms with van der Waals surface area (Å²) >= 11 is 6.15. The minimum atomic E-state index is -0.126. The Bertz CT molecular complexity index is 249. The highest BCUT2D eigenvalue weighted by Crippen LogP contribution is 2.46. The molecule has 0 heterocycles. The number of alkyl halides is 1. The predicted molar refractivity (Wildman–Crippen MR) is 50.5 cm³/mol. The van der Waals surface area contributed by atoms with E-state index in [4.69, 9.17) is 16.3 Å². The number of carbonyl (C=O) groups is 1. The Hall–Kier alpha value is -0.500. The largest absolute Gasteiger partial charge is 0.466 e. The maximum Gasteiger partial charge on any atom is 0.311 e. The molecule has 2 bridgehead atoms. The Kier molecular flexibility index (Phi) is 2.33. The summed E-state index contributed by atoms with van der Waals surface area (Å²) < 4.78 is 4.99. The molecule has 0 aliphatic heterocycles. The van der Waals surface area contributed by atoms with Crippen LogP contribution in [-0.2, 0) is 9.53 Å². The van der Waals surface area contributed by atoms with Gasteiger partial charge < -0.3 is 4.74 Å². The molecule has 2 nitrogen and oxygen atoms in total. The second kappa shape index (κ2) is 3.33. The van der Waals surface area contributed by atoms with E-state index in [0.29, 0.717) is 18.4 Å². The normalized spacial score (nSPS) is 41.1. The first kappa shape index (κ1) is 9.07. The molecule has 0 saturated heterocycles. The van der Waals surface area contributed by atoms with Gasteiger partial charge in [-0.05, 0) is 25.2 Å². The topological polar surface area (TPSA) is 26.3 Å². The molecule has 0 N–H and O–H groups in total. The van der Waals surface area contributed by atoms with E-state index < -0.39 is 0 Å². The van der Waals surface area contributed by atoms with Gasteiger partial charge >= 0.3 is 5.97 Å². The van der Waals surface area contributed by atoms with Crippen LogP contribution in [0, 0.1) is 17.8 Å². The van der Waals surface area contributed by atoms with Gasteiger partial charge in [0.1, 0.15) is 0 Å². The standard InChI is InChI=1S/C10H13ClO2/c1-2-13-10(12)8-6-3-4-7(5-6)9(8)11/h3-4,6-9H,2,5H2,1H3/t6-,7+,8-,9+/m0/s1. The van der Waals surface area contributed by atoms with Crippen LogP contribution in [0.15, 0.2) is 12.2 Å². The van der Waals surface area contributed by atoms with Crippen molar-refractivity contribution >= 4 is 17.6 Å². The summed E-state index contributed by atoms with van der Waals surface area (Å²) in [4.78, 5) is 11.5. The molecule has 72 valence electrons. The summed E-state index contributed by atoms with van der Waals surface area (Å²) in [7, 11) is 0. The van der Waals surface area contributed by atoms with Gasteiger partial charge in [0, 0.05) is 0 Å². The lowest BCUT2D eigenvalue weighted by atomic mass is 9.93. The van der Waals surface area contributed by atoms with Crippen LogP contribution in [0.5, 0.6) is 0 Å². The summed E-state index contributed by atoms with van der Waals surface area (Å²) in [5.74, 6) is 0.489. The van der Waals surface area contributed by atoms with Gasteiger partial charge in [-0.15, -0.1) is 11.6 Å². The van der Waals surface area contributed by atoms with E-state index in [-0.39, 0.29) is 17.3 Å². The van der Waals surface area contributed by atoms with Crippen LogP contribution in [0.3, 0.4) is 0 Å². The van der Waals surface area contributed by atoms with Crippen LogP contribution < -0.4 is 0 Å². The Morgan fingerprint density at radius 1 is 1.54 bits per heavy atom. The number of carbonyl (C=O) groups excluding carboxylic acids is 1. The van der Waals surface area contributed by atoms with Gasteiger partial charge in [-0.1, -0.05) is 12.2 Å². The van der Waals surface area contributed by atoms with E-state index in [2.05, 4.69) is 12.2 Å². The molecule has 13 heavy (non-hydrogen) atoms. The summed E-state index contributed by atoms with van der Waals surface area (Å²) in [6, 6.07) is 0. The van der Waals surface area contributed by atoms with Crippen molar-refractivity contribution in [1.82, 2.24) is 0 Å². The SMILES string of the molecule is CCOC(=O)[C@@H]1[C@H](Cl)[C@@H]2C=C[C@H]1C2. The van der Waals surface area contributed by atoms with E-state index in [0.717, 1.165) is 6.42 Å². The first-order valence-corrected chi connectivity index (χ1v) is 5.16. The highest BCUT2D eigenvalue weighted by atomic mass is 35.5. The van der Waals surface area contributed by atoms with Gasteiger partial charge in [-0.3, -0.25) is 4.79 Å². The number of hydrogen-bond acceptors (Lipinski definition) is 2. The van der Waals surface area contributed by atoms with Gasteiger partial charge in [0.05, 0.1) is 17.9 Å². The quantitative estimate of drug-likeness (QED) is 0.387. The van der Waals surface area contributed by atoms with Crippen molar-refractivity contribution in [2.24, 2.45) is 17.8 Å². The summed E-state index contributed by atoms with van der Waals surface area (Å²) in [5.41, 5.74) is 0. The summed E-state index contributed by atoms with van der Waals surface area (Å²) in [5, 5.41) is -0.0472. The molecule has 0 amide bonds. The number of esters is 1. The summed E-state index contributed by atoms with van der Waals surface area (Å²) in [6.07, 6.45) is 5.25. The summed E-state index contributed by atoms with van der Waals surface area (Å²) in [6.45, 7) is 2.27. The molecule has 0 unspecified atom stereocenters. The van der Waals surface area contributed by atoms with Crippen LogP contribution in [0.4, 0.5) is 0 Å². The fourth-order valence-corrected chi connectivity index (χ4v) is 2.78. The third-order valence-electron chi connectivity index (χ3n) is 2.92. The average Bonchev–Trinajstić information content (AvgIpc) is 2.63. The molecule has 3 heteroatoms. The number of ether oxygens (including phenoxy) is 1. The van der Waals surface area contributed by atoms with E-state index in [9.17, 15) is 4.79 Å². The number of rotatable bonds is 2. The molecule has 0 aromatic carbocycles. The van der Waals surface area contributed by atoms with Crippen molar-refractivity contribution in [2.45, 2.75) is 18.7 Å². The fraction of sp³-hybridized carbons (Fsp3) is 0.700. The zero-order chi connectivity index (χ0) is 9.42. The van der Waals surface area contributed by atoms with Gasteiger partial charge in [-0.25, -0.2) is 0 Å².